The fourth-order valence-electron chi connectivity index (χ4n) is 2.56. The smallest absolute Gasteiger partial charge is 0.227 e. The molecule has 0 radical (unpaired) electrons. The summed E-state index contributed by atoms with van der Waals surface area (Å²) in [5.74, 6) is 0.131. The van der Waals surface area contributed by atoms with Gasteiger partial charge in [-0.3, -0.25) is 4.79 Å². The molecule has 0 bridgehead atoms. The maximum Gasteiger partial charge on any atom is 0.227 e. The summed E-state index contributed by atoms with van der Waals surface area (Å²) in [6.45, 7) is 3.00. The highest BCUT2D eigenvalue weighted by Gasteiger charge is 2.37. The summed E-state index contributed by atoms with van der Waals surface area (Å²) in [6, 6.07) is 0. The normalized spacial score (nSPS) is 18.2. The lowest BCUT2D eigenvalue weighted by atomic mass is 9.73. The Labute approximate surface area is 116 Å². The molecular formula is C14H28N2O3. The number of rotatable bonds is 9. The van der Waals surface area contributed by atoms with Crippen LogP contribution in [0.15, 0.2) is 0 Å². The van der Waals surface area contributed by atoms with Gasteiger partial charge in [-0.25, -0.2) is 0 Å². The van der Waals surface area contributed by atoms with Crippen LogP contribution in [0.3, 0.4) is 0 Å². The average Bonchev–Trinajstić information content (AvgIpc) is 2.46. The van der Waals surface area contributed by atoms with Crippen molar-refractivity contribution in [3.8, 4) is 0 Å². The van der Waals surface area contributed by atoms with E-state index in [1.54, 1.807) is 7.11 Å². The van der Waals surface area contributed by atoms with Crippen molar-refractivity contribution in [2.24, 2.45) is 11.1 Å². The molecule has 5 heteroatoms. The van der Waals surface area contributed by atoms with Crippen molar-refractivity contribution in [2.45, 2.75) is 38.5 Å². The van der Waals surface area contributed by atoms with Crippen molar-refractivity contribution in [1.29, 1.82) is 0 Å². The van der Waals surface area contributed by atoms with Gasteiger partial charge in [0.15, 0.2) is 0 Å². The predicted molar refractivity (Wildman–Crippen MR) is 74.9 cm³/mol. The van der Waals surface area contributed by atoms with Crippen molar-refractivity contribution < 1.29 is 14.3 Å². The maximum absolute atomic E-state index is 12.2. The van der Waals surface area contributed by atoms with Gasteiger partial charge in [-0.1, -0.05) is 19.3 Å². The van der Waals surface area contributed by atoms with Crippen LogP contribution >= 0.6 is 0 Å². The van der Waals surface area contributed by atoms with E-state index < -0.39 is 0 Å². The standard InChI is InChI=1S/C14H28N2O3/c1-18-10-11-19-9-5-8-16-13(17)14(12-15)6-3-2-4-7-14/h2-12,15H2,1H3,(H,16,17). The molecule has 1 rings (SSSR count). The summed E-state index contributed by atoms with van der Waals surface area (Å²) in [5.41, 5.74) is 5.51. The molecule has 19 heavy (non-hydrogen) atoms. The monoisotopic (exact) mass is 272 g/mol. The van der Waals surface area contributed by atoms with Gasteiger partial charge < -0.3 is 20.5 Å². The van der Waals surface area contributed by atoms with Crippen LogP contribution < -0.4 is 11.1 Å². The molecule has 0 aromatic carbocycles. The largest absolute Gasteiger partial charge is 0.382 e. The van der Waals surface area contributed by atoms with E-state index in [1.165, 1.54) is 6.42 Å². The van der Waals surface area contributed by atoms with Gasteiger partial charge in [0.1, 0.15) is 0 Å². The molecular weight excluding hydrogens is 244 g/mol. The summed E-state index contributed by atoms with van der Waals surface area (Å²) < 4.78 is 10.2. The van der Waals surface area contributed by atoms with E-state index in [9.17, 15) is 4.79 Å². The third-order valence-corrected chi connectivity index (χ3v) is 3.87. The molecule has 5 nitrogen and oxygen atoms in total. The first-order valence-corrected chi connectivity index (χ1v) is 7.30. The summed E-state index contributed by atoms with van der Waals surface area (Å²) in [7, 11) is 1.65. The molecule has 0 unspecified atom stereocenters. The lowest BCUT2D eigenvalue weighted by Crippen LogP contribution is -2.47. The summed E-state index contributed by atoms with van der Waals surface area (Å²) in [6.07, 6.45) is 6.15. The molecule has 1 fully saturated rings. The van der Waals surface area contributed by atoms with Crippen molar-refractivity contribution in [2.75, 3.05) is 40.0 Å². The maximum atomic E-state index is 12.2. The third kappa shape index (κ3) is 5.47. The minimum absolute atomic E-state index is 0.131. The van der Waals surface area contributed by atoms with Crippen LogP contribution in [0.25, 0.3) is 0 Å². The van der Waals surface area contributed by atoms with E-state index in [0.717, 1.165) is 32.1 Å². The van der Waals surface area contributed by atoms with E-state index in [1.807, 2.05) is 0 Å². The number of ether oxygens (including phenoxy) is 2. The first-order valence-electron chi connectivity index (χ1n) is 7.30. The minimum atomic E-state index is -0.310. The van der Waals surface area contributed by atoms with Crippen LogP contribution in [0.2, 0.25) is 0 Å². The van der Waals surface area contributed by atoms with Gasteiger partial charge in [-0.05, 0) is 19.3 Å². The first-order chi connectivity index (χ1) is 9.25. The first kappa shape index (κ1) is 16.4. The Morgan fingerprint density at radius 2 is 1.95 bits per heavy atom. The number of methoxy groups -OCH3 is 1. The molecule has 0 aromatic rings. The van der Waals surface area contributed by atoms with E-state index in [-0.39, 0.29) is 11.3 Å². The van der Waals surface area contributed by atoms with Crippen LogP contribution in [0.4, 0.5) is 0 Å². The van der Waals surface area contributed by atoms with Crippen molar-refractivity contribution in [3.63, 3.8) is 0 Å². The molecule has 0 saturated heterocycles. The Morgan fingerprint density at radius 1 is 1.21 bits per heavy atom. The number of nitrogens with one attached hydrogen (secondary N) is 1. The van der Waals surface area contributed by atoms with E-state index in [4.69, 9.17) is 15.2 Å². The summed E-state index contributed by atoms with van der Waals surface area (Å²) in [4.78, 5) is 12.2. The molecule has 0 aromatic heterocycles. The molecule has 1 aliphatic rings. The Morgan fingerprint density at radius 3 is 2.58 bits per heavy atom. The number of hydrogen-bond acceptors (Lipinski definition) is 4. The lowest BCUT2D eigenvalue weighted by molar-refractivity contribution is -0.132. The SMILES string of the molecule is COCCOCCCNC(=O)C1(CN)CCCCC1. The zero-order valence-corrected chi connectivity index (χ0v) is 12.1. The number of hydrogen-bond donors (Lipinski definition) is 2. The van der Waals surface area contributed by atoms with Crippen molar-refractivity contribution in [3.05, 3.63) is 0 Å². The highest BCUT2D eigenvalue weighted by atomic mass is 16.5. The van der Waals surface area contributed by atoms with Crippen LogP contribution in [-0.2, 0) is 14.3 Å². The molecule has 1 saturated carbocycles. The third-order valence-electron chi connectivity index (χ3n) is 3.87. The van der Waals surface area contributed by atoms with E-state index in [0.29, 0.717) is 32.9 Å². The Balaban J connectivity index is 2.15. The molecule has 0 atom stereocenters. The van der Waals surface area contributed by atoms with Crippen molar-refractivity contribution in [1.82, 2.24) is 5.32 Å². The van der Waals surface area contributed by atoms with Crippen LogP contribution in [0.1, 0.15) is 38.5 Å². The fourth-order valence-corrected chi connectivity index (χ4v) is 2.56. The molecule has 1 aliphatic carbocycles. The van der Waals surface area contributed by atoms with Gasteiger partial charge >= 0.3 is 0 Å². The highest BCUT2D eigenvalue weighted by molar-refractivity contribution is 5.82. The second kappa shape index (κ2) is 9.28. The quantitative estimate of drug-likeness (QED) is 0.616. The second-order valence-corrected chi connectivity index (χ2v) is 5.26. The van der Waals surface area contributed by atoms with Gasteiger partial charge in [-0.2, -0.15) is 0 Å². The molecule has 3 N–H and O–H groups in total. The van der Waals surface area contributed by atoms with Gasteiger partial charge in [0, 0.05) is 26.8 Å². The van der Waals surface area contributed by atoms with Crippen LogP contribution in [0, 0.1) is 5.41 Å². The van der Waals surface area contributed by atoms with Gasteiger partial charge in [0.2, 0.25) is 5.91 Å². The number of carbonyl (C=O) groups excluding carboxylic acids is 1. The van der Waals surface area contributed by atoms with Gasteiger partial charge in [-0.15, -0.1) is 0 Å². The van der Waals surface area contributed by atoms with Gasteiger partial charge in [0.05, 0.1) is 18.6 Å². The summed E-state index contributed by atoms with van der Waals surface area (Å²) in [5, 5.41) is 3.00. The van der Waals surface area contributed by atoms with Crippen molar-refractivity contribution >= 4 is 5.91 Å². The molecule has 112 valence electrons. The second-order valence-electron chi connectivity index (χ2n) is 5.26. The topological polar surface area (TPSA) is 73.6 Å². The van der Waals surface area contributed by atoms with Crippen LogP contribution in [0.5, 0.6) is 0 Å². The number of nitrogens with two attached hydrogens (primary N) is 1. The lowest BCUT2D eigenvalue weighted by Gasteiger charge is -2.34. The molecule has 0 heterocycles. The zero-order valence-electron chi connectivity index (χ0n) is 12.1. The number of amides is 1. The zero-order chi connectivity index (χ0) is 14.0. The number of carbonyl (C=O) groups is 1. The highest BCUT2D eigenvalue weighted by Crippen LogP contribution is 2.35. The predicted octanol–water partition coefficient (Wildman–Crippen LogP) is 1.06. The minimum Gasteiger partial charge on any atom is -0.382 e. The summed E-state index contributed by atoms with van der Waals surface area (Å²) >= 11 is 0. The molecule has 1 amide bonds. The van der Waals surface area contributed by atoms with E-state index in [2.05, 4.69) is 5.32 Å². The Hall–Kier alpha value is -0.650. The van der Waals surface area contributed by atoms with Gasteiger partial charge in [0.25, 0.3) is 0 Å². The molecule has 0 aliphatic heterocycles. The Bertz CT molecular complexity index is 253. The average molecular weight is 272 g/mol. The van der Waals surface area contributed by atoms with Crippen LogP contribution in [-0.4, -0.2) is 45.9 Å². The molecule has 0 spiro atoms. The Kier molecular flexibility index (Phi) is 8.02. The fraction of sp³-hybridized carbons (Fsp3) is 0.929. The van der Waals surface area contributed by atoms with E-state index >= 15 is 0 Å².